The number of methoxy groups -OCH3 is 1. The van der Waals surface area contributed by atoms with Crippen LogP contribution >= 0.6 is 0 Å². The number of nitrogens with zero attached hydrogens (tertiary/aromatic N) is 1. The molecule has 1 aromatic rings. The van der Waals surface area contributed by atoms with Crippen molar-refractivity contribution in [2.24, 2.45) is 11.8 Å². The summed E-state index contributed by atoms with van der Waals surface area (Å²) in [5.74, 6) is 3.26. The lowest BCUT2D eigenvalue weighted by Crippen LogP contribution is -2.37. The molecule has 2 N–H and O–H groups in total. The molecule has 4 rings (SSSR count). The van der Waals surface area contributed by atoms with Crippen molar-refractivity contribution >= 4 is 0 Å². The molecule has 2 saturated carbocycles. The second-order valence-corrected chi connectivity index (χ2v) is 9.60. The molecule has 3 fully saturated rings. The van der Waals surface area contributed by atoms with E-state index in [9.17, 15) is 5.11 Å². The van der Waals surface area contributed by atoms with E-state index in [2.05, 4.69) is 22.3 Å². The molecule has 0 amide bonds. The highest BCUT2D eigenvalue weighted by Crippen LogP contribution is 2.44. The zero-order chi connectivity index (χ0) is 20.8. The number of aliphatic hydroxyl groups excluding tert-OH is 1. The SMILES string of the molecule is COc1ccc(CNC(C2CC2)C2CC2)cc1OCC(O)CN1CCCCCCC1. The van der Waals surface area contributed by atoms with E-state index in [-0.39, 0.29) is 0 Å². The highest BCUT2D eigenvalue weighted by molar-refractivity contribution is 5.43. The first kappa shape index (κ1) is 21.9. The van der Waals surface area contributed by atoms with Crippen LogP contribution in [-0.2, 0) is 6.54 Å². The number of rotatable bonds is 11. The molecule has 0 bridgehead atoms. The predicted octanol–water partition coefficient (Wildman–Crippen LogP) is 3.98. The van der Waals surface area contributed by atoms with E-state index in [1.54, 1.807) is 7.11 Å². The average molecular weight is 417 g/mol. The van der Waals surface area contributed by atoms with Crippen LogP contribution in [0.5, 0.6) is 11.5 Å². The van der Waals surface area contributed by atoms with Crippen molar-refractivity contribution in [1.29, 1.82) is 0 Å². The van der Waals surface area contributed by atoms with Crippen LogP contribution in [0.15, 0.2) is 18.2 Å². The molecular weight excluding hydrogens is 376 g/mol. The molecule has 0 spiro atoms. The number of β-amino-alcohol motifs (C(OH)–C–C–N with tert-alkyl or cyclic N) is 1. The van der Waals surface area contributed by atoms with Gasteiger partial charge in [-0.25, -0.2) is 0 Å². The number of benzene rings is 1. The Morgan fingerprint density at radius 3 is 2.30 bits per heavy atom. The Kier molecular flexibility index (Phi) is 7.91. The van der Waals surface area contributed by atoms with E-state index >= 15 is 0 Å². The summed E-state index contributed by atoms with van der Waals surface area (Å²) in [6.07, 6.45) is 11.5. The fraction of sp³-hybridized carbons (Fsp3) is 0.760. The summed E-state index contributed by atoms with van der Waals surface area (Å²) in [5.41, 5.74) is 1.22. The molecule has 0 radical (unpaired) electrons. The minimum Gasteiger partial charge on any atom is -0.493 e. The molecule has 2 aliphatic carbocycles. The summed E-state index contributed by atoms with van der Waals surface area (Å²) >= 11 is 0. The second kappa shape index (κ2) is 10.8. The lowest BCUT2D eigenvalue weighted by molar-refractivity contribution is 0.0644. The maximum Gasteiger partial charge on any atom is 0.161 e. The normalized spacial score (nSPS) is 21.8. The van der Waals surface area contributed by atoms with Gasteiger partial charge in [-0.15, -0.1) is 0 Å². The first-order valence-electron chi connectivity index (χ1n) is 12.2. The van der Waals surface area contributed by atoms with Crippen molar-refractivity contribution in [3.05, 3.63) is 23.8 Å². The number of nitrogens with one attached hydrogen (secondary N) is 1. The minimum atomic E-state index is -0.481. The largest absolute Gasteiger partial charge is 0.493 e. The number of ether oxygens (including phenoxy) is 2. The molecule has 5 heteroatoms. The van der Waals surface area contributed by atoms with Gasteiger partial charge in [0.25, 0.3) is 0 Å². The number of aliphatic hydroxyl groups is 1. The maximum atomic E-state index is 10.6. The van der Waals surface area contributed by atoms with E-state index in [1.165, 1.54) is 63.4 Å². The van der Waals surface area contributed by atoms with Crippen LogP contribution in [0.2, 0.25) is 0 Å². The average Bonchev–Trinajstić information content (AvgIpc) is 3.63. The van der Waals surface area contributed by atoms with Gasteiger partial charge in [0.2, 0.25) is 0 Å². The highest BCUT2D eigenvalue weighted by atomic mass is 16.5. The third-order valence-electron chi connectivity index (χ3n) is 6.88. The van der Waals surface area contributed by atoms with Gasteiger partial charge in [-0.2, -0.15) is 0 Å². The Hall–Kier alpha value is -1.30. The van der Waals surface area contributed by atoms with E-state index < -0.39 is 6.10 Å². The third kappa shape index (κ3) is 6.60. The van der Waals surface area contributed by atoms with Gasteiger partial charge in [0.05, 0.1) is 7.11 Å². The molecule has 5 nitrogen and oxygen atoms in total. The molecule has 30 heavy (non-hydrogen) atoms. The molecular formula is C25H40N2O3. The van der Waals surface area contributed by atoms with E-state index in [1.807, 2.05) is 6.07 Å². The van der Waals surface area contributed by atoms with Crippen LogP contribution in [0.1, 0.15) is 63.4 Å². The highest BCUT2D eigenvalue weighted by Gasteiger charge is 2.40. The van der Waals surface area contributed by atoms with Crippen LogP contribution in [0, 0.1) is 11.8 Å². The fourth-order valence-electron chi connectivity index (χ4n) is 4.84. The summed E-state index contributed by atoms with van der Waals surface area (Å²) in [4.78, 5) is 2.39. The summed E-state index contributed by atoms with van der Waals surface area (Å²) in [7, 11) is 1.67. The van der Waals surface area contributed by atoms with Gasteiger partial charge >= 0.3 is 0 Å². The maximum absolute atomic E-state index is 10.6. The Morgan fingerprint density at radius 1 is 1.00 bits per heavy atom. The molecule has 1 saturated heterocycles. The Balaban J connectivity index is 1.28. The summed E-state index contributed by atoms with van der Waals surface area (Å²) in [5, 5.41) is 14.4. The fourth-order valence-corrected chi connectivity index (χ4v) is 4.84. The summed E-state index contributed by atoms with van der Waals surface area (Å²) in [6, 6.07) is 6.87. The molecule has 1 heterocycles. The third-order valence-corrected chi connectivity index (χ3v) is 6.88. The lowest BCUT2D eigenvalue weighted by Gasteiger charge is -2.27. The van der Waals surface area contributed by atoms with Crippen molar-refractivity contribution < 1.29 is 14.6 Å². The molecule has 1 unspecified atom stereocenters. The topological polar surface area (TPSA) is 54.0 Å². The zero-order valence-corrected chi connectivity index (χ0v) is 18.7. The van der Waals surface area contributed by atoms with Crippen molar-refractivity contribution in [2.75, 3.05) is 33.4 Å². The number of hydrogen-bond acceptors (Lipinski definition) is 5. The van der Waals surface area contributed by atoms with Crippen molar-refractivity contribution in [3.63, 3.8) is 0 Å². The van der Waals surface area contributed by atoms with Gasteiger partial charge < -0.3 is 24.8 Å². The first-order valence-corrected chi connectivity index (χ1v) is 12.2. The van der Waals surface area contributed by atoms with E-state index in [0.717, 1.165) is 43.0 Å². The quantitative estimate of drug-likeness (QED) is 0.571. The summed E-state index contributed by atoms with van der Waals surface area (Å²) < 4.78 is 11.5. The predicted molar refractivity (Wildman–Crippen MR) is 120 cm³/mol. The zero-order valence-electron chi connectivity index (χ0n) is 18.7. The monoisotopic (exact) mass is 416 g/mol. The minimum absolute atomic E-state index is 0.302. The smallest absolute Gasteiger partial charge is 0.161 e. The molecule has 1 atom stereocenters. The first-order chi connectivity index (χ1) is 14.7. The van der Waals surface area contributed by atoms with Crippen LogP contribution < -0.4 is 14.8 Å². The molecule has 3 aliphatic rings. The Labute approximate surface area is 182 Å². The van der Waals surface area contributed by atoms with Gasteiger partial charge in [0.15, 0.2) is 11.5 Å². The van der Waals surface area contributed by atoms with Crippen molar-refractivity contribution in [2.45, 2.75) is 76.5 Å². The van der Waals surface area contributed by atoms with Gasteiger partial charge in [0.1, 0.15) is 12.7 Å². The van der Waals surface area contributed by atoms with E-state index in [4.69, 9.17) is 9.47 Å². The van der Waals surface area contributed by atoms with Crippen molar-refractivity contribution in [1.82, 2.24) is 10.2 Å². The van der Waals surface area contributed by atoms with Gasteiger partial charge in [0, 0.05) is 19.1 Å². The molecule has 1 aromatic carbocycles. The Bertz CT molecular complexity index is 640. The van der Waals surface area contributed by atoms with Gasteiger partial charge in [-0.3, -0.25) is 0 Å². The molecule has 168 valence electrons. The standard InChI is InChI=1S/C25H40N2O3/c1-29-23-12-7-19(16-26-25(20-8-9-20)21-10-11-21)15-24(23)30-18-22(28)17-27-13-5-3-2-4-6-14-27/h7,12,15,20-22,25-26,28H,2-6,8-11,13-14,16-18H2,1H3. The van der Waals surface area contributed by atoms with Gasteiger partial charge in [-0.1, -0.05) is 25.3 Å². The van der Waals surface area contributed by atoms with Crippen LogP contribution in [0.25, 0.3) is 0 Å². The molecule has 1 aliphatic heterocycles. The van der Waals surface area contributed by atoms with E-state index in [0.29, 0.717) is 19.2 Å². The number of likely N-dealkylation sites (tertiary alicyclic amines) is 1. The summed E-state index contributed by atoms with van der Waals surface area (Å²) in [6.45, 7) is 4.04. The van der Waals surface area contributed by atoms with Gasteiger partial charge in [-0.05, 0) is 81.1 Å². The second-order valence-electron chi connectivity index (χ2n) is 9.60. The lowest BCUT2D eigenvalue weighted by atomic mass is 10.1. The molecule has 0 aromatic heterocycles. The van der Waals surface area contributed by atoms with Crippen LogP contribution in [0.4, 0.5) is 0 Å². The Morgan fingerprint density at radius 2 is 1.67 bits per heavy atom. The van der Waals surface area contributed by atoms with Crippen LogP contribution in [0.3, 0.4) is 0 Å². The number of hydrogen-bond donors (Lipinski definition) is 2. The van der Waals surface area contributed by atoms with Crippen molar-refractivity contribution in [3.8, 4) is 11.5 Å². The van der Waals surface area contributed by atoms with Crippen LogP contribution in [-0.4, -0.2) is 55.5 Å².